The first-order chi connectivity index (χ1) is 4.74. The molecule has 0 aromatic heterocycles. The highest BCUT2D eigenvalue weighted by atomic mass is 19.1. The molecule has 0 unspecified atom stereocenters. The Hall–Kier alpha value is -0.150. The summed E-state index contributed by atoms with van der Waals surface area (Å²) in [5.74, 6) is 0. The van der Waals surface area contributed by atoms with E-state index in [0.29, 0.717) is 6.04 Å². The third kappa shape index (κ3) is 1.67. The number of likely N-dealkylation sites (N-methyl/N-ethyl adjacent to an activating group) is 1. The van der Waals surface area contributed by atoms with E-state index in [1.807, 2.05) is 7.05 Å². The number of piperazine rings is 1. The second-order valence-corrected chi connectivity index (χ2v) is 3.05. The van der Waals surface area contributed by atoms with Crippen LogP contribution in [0.1, 0.15) is 6.92 Å². The average molecular weight is 146 g/mol. The van der Waals surface area contributed by atoms with Crippen molar-refractivity contribution in [3.63, 3.8) is 0 Å². The maximum absolute atomic E-state index is 12.1. The lowest BCUT2D eigenvalue weighted by molar-refractivity contribution is 0.159. The predicted molar refractivity (Wildman–Crippen MR) is 39.9 cm³/mol. The van der Waals surface area contributed by atoms with Gasteiger partial charge in [-0.1, -0.05) is 0 Å². The number of nitrogens with zero attached hydrogens (tertiary/aromatic N) is 1. The van der Waals surface area contributed by atoms with E-state index in [9.17, 15) is 4.39 Å². The molecular formula is C7H15FN2. The minimum absolute atomic E-state index is 0.0567. The van der Waals surface area contributed by atoms with Crippen molar-refractivity contribution in [2.24, 2.45) is 0 Å². The van der Waals surface area contributed by atoms with Crippen molar-refractivity contribution in [1.82, 2.24) is 10.2 Å². The summed E-state index contributed by atoms with van der Waals surface area (Å²) in [7, 11) is 2.04. The minimum Gasteiger partial charge on any atom is -0.309 e. The zero-order valence-corrected chi connectivity index (χ0v) is 6.60. The fourth-order valence-electron chi connectivity index (χ4n) is 1.19. The van der Waals surface area contributed by atoms with Crippen molar-refractivity contribution in [2.75, 3.05) is 26.8 Å². The summed E-state index contributed by atoms with van der Waals surface area (Å²) in [6.45, 7) is 3.63. The maximum Gasteiger partial charge on any atom is 0.106 e. The molecule has 0 saturated carbocycles. The molecule has 0 amide bonds. The molecule has 0 aromatic rings. The van der Waals surface area contributed by atoms with Crippen LogP contribution >= 0.6 is 0 Å². The molecule has 1 aliphatic heterocycles. The molecule has 2 nitrogen and oxygen atoms in total. The molecule has 0 spiro atoms. The first-order valence-corrected chi connectivity index (χ1v) is 3.73. The van der Waals surface area contributed by atoms with E-state index in [-0.39, 0.29) is 12.7 Å². The van der Waals surface area contributed by atoms with Gasteiger partial charge in [0.15, 0.2) is 0 Å². The molecule has 1 heterocycles. The molecular weight excluding hydrogens is 131 g/mol. The predicted octanol–water partition coefficient (Wildman–Crippen LogP) is 0.248. The van der Waals surface area contributed by atoms with Gasteiger partial charge in [-0.15, -0.1) is 0 Å². The van der Waals surface area contributed by atoms with Crippen LogP contribution in [-0.4, -0.2) is 43.8 Å². The second kappa shape index (κ2) is 3.30. The van der Waals surface area contributed by atoms with Crippen LogP contribution in [0.3, 0.4) is 0 Å². The zero-order valence-electron chi connectivity index (χ0n) is 6.60. The van der Waals surface area contributed by atoms with Crippen LogP contribution in [0.4, 0.5) is 4.39 Å². The molecule has 60 valence electrons. The highest BCUT2D eigenvalue weighted by Gasteiger charge is 2.20. The molecule has 2 atom stereocenters. The summed E-state index contributed by atoms with van der Waals surface area (Å²) >= 11 is 0. The Balaban J connectivity index is 2.33. The van der Waals surface area contributed by atoms with Gasteiger partial charge in [-0.2, -0.15) is 0 Å². The van der Waals surface area contributed by atoms with Gasteiger partial charge >= 0.3 is 0 Å². The van der Waals surface area contributed by atoms with Gasteiger partial charge in [0, 0.05) is 25.2 Å². The fraction of sp³-hybridized carbons (Fsp3) is 1.00. The van der Waals surface area contributed by atoms with Gasteiger partial charge < -0.3 is 10.2 Å². The molecule has 10 heavy (non-hydrogen) atoms. The van der Waals surface area contributed by atoms with Gasteiger partial charge in [-0.25, -0.2) is 4.39 Å². The van der Waals surface area contributed by atoms with Crippen LogP contribution in [0.15, 0.2) is 0 Å². The standard InChI is InChI=1S/C7H15FN2/c1-6-4-9-7(3-8)5-10(6)2/h6-7,9H,3-5H2,1-2H3/t6-,7+/m0/s1. The molecule has 1 fully saturated rings. The monoisotopic (exact) mass is 146 g/mol. The van der Waals surface area contributed by atoms with Gasteiger partial charge in [0.25, 0.3) is 0 Å². The molecule has 1 rings (SSSR count). The molecule has 1 aliphatic rings. The topological polar surface area (TPSA) is 15.3 Å². The minimum atomic E-state index is -0.253. The summed E-state index contributed by atoms with van der Waals surface area (Å²) in [4.78, 5) is 2.18. The van der Waals surface area contributed by atoms with Crippen LogP contribution in [-0.2, 0) is 0 Å². The molecule has 1 saturated heterocycles. The average Bonchev–Trinajstić information content (AvgIpc) is 1.95. The van der Waals surface area contributed by atoms with Crippen molar-refractivity contribution in [1.29, 1.82) is 0 Å². The first kappa shape index (κ1) is 7.95. The Morgan fingerprint density at radius 2 is 2.40 bits per heavy atom. The van der Waals surface area contributed by atoms with E-state index in [1.165, 1.54) is 0 Å². The van der Waals surface area contributed by atoms with Crippen molar-refractivity contribution < 1.29 is 4.39 Å². The molecule has 3 heteroatoms. The van der Waals surface area contributed by atoms with Crippen LogP contribution in [0.25, 0.3) is 0 Å². The number of rotatable bonds is 1. The Bertz CT molecular complexity index is 108. The lowest BCUT2D eigenvalue weighted by atomic mass is 10.1. The number of hydrogen-bond donors (Lipinski definition) is 1. The number of halogens is 1. The molecule has 0 bridgehead atoms. The second-order valence-electron chi connectivity index (χ2n) is 3.05. The lowest BCUT2D eigenvalue weighted by Crippen LogP contribution is -2.54. The van der Waals surface area contributed by atoms with Gasteiger partial charge in [0.1, 0.15) is 6.67 Å². The summed E-state index contributed by atoms with van der Waals surface area (Å²) in [6.07, 6.45) is 0. The number of alkyl halides is 1. The zero-order chi connectivity index (χ0) is 7.56. The fourth-order valence-corrected chi connectivity index (χ4v) is 1.19. The van der Waals surface area contributed by atoms with Crippen molar-refractivity contribution in [2.45, 2.75) is 19.0 Å². The summed E-state index contributed by atoms with van der Waals surface area (Å²) in [6, 6.07) is 0.601. The maximum atomic E-state index is 12.1. The van der Waals surface area contributed by atoms with E-state index in [4.69, 9.17) is 0 Å². The Kier molecular flexibility index (Phi) is 2.63. The quantitative estimate of drug-likeness (QED) is 0.570. The lowest BCUT2D eigenvalue weighted by Gasteiger charge is -2.34. The summed E-state index contributed by atoms with van der Waals surface area (Å²) in [5, 5.41) is 3.13. The van der Waals surface area contributed by atoms with Gasteiger partial charge in [0.2, 0.25) is 0 Å². The van der Waals surface area contributed by atoms with Crippen LogP contribution in [0.2, 0.25) is 0 Å². The third-order valence-electron chi connectivity index (χ3n) is 2.15. The SMILES string of the molecule is C[C@H]1CN[C@H](CF)CN1C. The largest absolute Gasteiger partial charge is 0.309 e. The van der Waals surface area contributed by atoms with Gasteiger partial charge in [0.05, 0.1) is 0 Å². The highest BCUT2D eigenvalue weighted by Crippen LogP contribution is 2.03. The van der Waals surface area contributed by atoms with Crippen molar-refractivity contribution >= 4 is 0 Å². The van der Waals surface area contributed by atoms with E-state index < -0.39 is 0 Å². The van der Waals surface area contributed by atoms with Gasteiger partial charge in [-0.3, -0.25) is 0 Å². The number of hydrogen-bond acceptors (Lipinski definition) is 2. The van der Waals surface area contributed by atoms with Crippen LogP contribution in [0.5, 0.6) is 0 Å². The van der Waals surface area contributed by atoms with Crippen LogP contribution < -0.4 is 5.32 Å². The van der Waals surface area contributed by atoms with E-state index in [0.717, 1.165) is 13.1 Å². The molecule has 0 aliphatic carbocycles. The molecule has 1 N–H and O–H groups in total. The molecule has 0 radical (unpaired) electrons. The van der Waals surface area contributed by atoms with Gasteiger partial charge in [-0.05, 0) is 14.0 Å². The number of nitrogens with one attached hydrogen (secondary N) is 1. The Morgan fingerprint density at radius 1 is 1.70 bits per heavy atom. The van der Waals surface area contributed by atoms with E-state index >= 15 is 0 Å². The smallest absolute Gasteiger partial charge is 0.106 e. The van der Waals surface area contributed by atoms with E-state index in [2.05, 4.69) is 17.1 Å². The Morgan fingerprint density at radius 3 is 2.90 bits per heavy atom. The summed E-state index contributed by atoms with van der Waals surface area (Å²) in [5.41, 5.74) is 0. The highest BCUT2D eigenvalue weighted by molar-refractivity contribution is 4.80. The Labute approximate surface area is 61.4 Å². The normalized spacial score (nSPS) is 36.3. The third-order valence-corrected chi connectivity index (χ3v) is 2.15. The first-order valence-electron chi connectivity index (χ1n) is 3.73. The van der Waals surface area contributed by atoms with Crippen molar-refractivity contribution in [3.05, 3.63) is 0 Å². The van der Waals surface area contributed by atoms with E-state index in [1.54, 1.807) is 0 Å². The molecule has 0 aromatic carbocycles. The summed E-state index contributed by atoms with van der Waals surface area (Å²) < 4.78 is 12.1. The van der Waals surface area contributed by atoms with Crippen molar-refractivity contribution in [3.8, 4) is 0 Å². The van der Waals surface area contributed by atoms with Crippen LogP contribution in [0, 0.1) is 0 Å².